The van der Waals surface area contributed by atoms with Crippen molar-refractivity contribution in [2.24, 2.45) is 11.8 Å². The lowest BCUT2D eigenvalue weighted by Gasteiger charge is -2.21. The topological polar surface area (TPSA) is 49.3 Å². The van der Waals surface area contributed by atoms with Gasteiger partial charge < -0.3 is 10.4 Å². The van der Waals surface area contributed by atoms with Crippen molar-refractivity contribution in [3.8, 4) is 0 Å². The van der Waals surface area contributed by atoms with Gasteiger partial charge in [-0.3, -0.25) is 4.79 Å². The third-order valence-corrected chi connectivity index (χ3v) is 3.92. The Morgan fingerprint density at radius 2 is 1.81 bits per heavy atom. The van der Waals surface area contributed by atoms with Gasteiger partial charge in [-0.25, -0.2) is 0 Å². The third-order valence-electron chi connectivity index (χ3n) is 2.47. The van der Waals surface area contributed by atoms with Crippen LogP contribution in [0.3, 0.4) is 0 Å². The second-order valence-electron chi connectivity index (χ2n) is 4.68. The van der Waals surface area contributed by atoms with Gasteiger partial charge in [0.2, 0.25) is 5.91 Å². The molecule has 0 aliphatic rings. The molecule has 0 aromatic rings. The second kappa shape index (κ2) is 7.96. The van der Waals surface area contributed by atoms with Gasteiger partial charge >= 0.3 is 0 Å². The summed E-state index contributed by atoms with van der Waals surface area (Å²) in [6, 6.07) is 0. The van der Waals surface area contributed by atoms with Gasteiger partial charge in [-0.05, 0) is 17.6 Å². The van der Waals surface area contributed by atoms with Crippen molar-refractivity contribution in [2.45, 2.75) is 46.0 Å². The summed E-state index contributed by atoms with van der Waals surface area (Å²) in [4.78, 5) is 11.9. The number of thioether (sulfide) groups is 1. The first-order chi connectivity index (χ1) is 7.40. The molecule has 0 fully saturated rings. The van der Waals surface area contributed by atoms with E-state index in [1.165, 1.54) is 0 Å². The highest BCUT2D eigenvalue weighted by atomic mass is 32.2. The molecular formula is C12H25NO2S. The average molecular weight is 247 g/mol. The number of aliphatic hydroxyl groups excluding tert-OH is 1. The number of hydrogen-bond donors (Lipinski definition) is 2. The Hall–Kier alpha value is -0.220. The number of hydrogen-bond acceptors (Lipinski definition) is 3. The lowest BCUT2D eigenvalue weighted by Crippen LogP contribution is -2.41. The zero-order valence-electron chi connectivity index (χ0n) is 11.0. The summed E-state index contributed by atoms with van der Waals surface area (Å²) in [5, 5.41) is 12.4. The SMILES string of the molecule is CCSC(C(=O)NCC(O)C(C)C)C(C)C. The molecule has 0 rings (SSSR count). The van der Waals surface area contributed by atoms with E-state index >= 15 is 0 Å². The summed E-state index contributed by atoms with van der Waals surface area (Å²) in [5.41, 5.74) is 0. The van der Waals surface area contributed by atoms with Crippen LogP contribution in [-0.4, -0.2) is 34.7 Å². The number of carbonyl (C=O) groups excluding carboxylic acids is 1. The maximum Gasteiger partial charge on any atom is 0.233 e. The van der Waals surface area contributed by atoms with Crippen molar-refractivity contribution in [3.05, 3.63) is 0 Å². The zero-order valence-corrected chi connectivity index (χ0v) is 11.8. The number of carbonyl (C=O) groups is 1. The molecule has 0 bridgehead atoms. The van der Waals surface area contributed by atoms with Crippen LogP contribution >= 0.6 is 11.8 Å². The quantitative estimate of drug-likeness (QED) is 0.722. The van der Waals surface area contributed by atoms with E-state index in [0.717, 1.165) is 5.75 Å². The van der Waals surface area contributed by atoms with Crippen LogP contribution in [0.5, 0.6) is 0 Å². The molecule has 0 saturated carbocycles. The third kappa shape index (κ3) is 5.75. The molecule has 2 N–H and O–H groups in total. The van der Waals surface area contributed by atoms with Crippen LogP contribution in [0.4, 0.5) is 0 Å². The van der Waals surface area contributed by atoms with Gasteiger partial charge in [0.25, 0.3) is 0 Å². The van der Waals surface area contributed by atoms with Crippen LogP contribution in [0.1, 0.15) is 34.6 Å². The van der Waals surface area contributed by atoms with Gasteiger partial charge in [0.05, 0.1) is 11.4 Å². The highest BCUT2D eigenvalue weighted by Crippen LogP contribution is 2.19. The Morgan fingerprint density at radius 3 is 2.19 bits per heavy atom. The van der Waals surface area contributed by atoms with E-state index in [9.17, 15) is 9.90 Å². The van der Waals surface area contributed by atoms with Crippen molar-refractivity contribution < 1.29 is 9.90 Å². The van der Waals surface area contributed by atoms with E-state index in [1.807, 2.05) is 27.7 Å². The Balaban J connectivity index is 4.11. The predicted octanol–water partition coefficient (Wildman–Crippen LogP) is 1.90. The Labute approximate surface area is 103 Å². The first-order valence-corrected chi connectivity index (χ1v) is 7.02. The number of amides is 1. The second-order valence-corrected chi connectivity index (χ2v) is 6.10. The minimum absolute atomic E-state index is 0.00985. The Kier molecular flexibility index (Phi) is 7.85. The minimum Gasteiger partial charge on any atom is -0.391 e. The van der Waals surface area contributed by atoms with E-state index in [1.54, 1.807) is 11.8 Å². The average Bonchev–Trinajstić information content (AvgIpc) is 2.21. The molecule has 3 nitrogen and oxygen atoms in total. The molecule has 2 unspecified atom stereocenters. The highest BCUT2D eigenvalue weighted by molar-refractivity contribution is 8.00. The van der Waals surface area contributed by atoms with Crippen molar-refractivity contribution >= 4 is 17.7 Å². The summed E-state index contributed by atoms with van der Waals surface area (Å²) < 4.78 is 0. The van der Waals surface area contributed by atoms with Crippen LogP contribution in [-0.2, 0) is 4.79 Å². The first kappa shape index (κ1) is 15.8. The van der Waals surface area contributed by atoms with Crippen LogP contribution in [0.15, 0.2) is 0 Å². The zero-order chi connectivity index (χ0) is 12.7. The Bertz CT molecular complexity index is 207. The monoisotopic (exact) mass is 247 g/mol. The summed E-state index contributed by atoms with van der Waals surface area (Å²) >= 11 is 1.66. The maximum absolute atomic E-state index is 11.9. The molecule has 1 amide bonds. The molecule has 0 aromatic heterocycles. The van der Waals surface area contributed by atoms with Crippen LogP contribution in [0.25, 0.3) is 0 Å². The van der Waals surface area contributed by atoms with Gasteiger partial charge in [-0.2, -0.15) is 0 Å². The molecular weight excluding hydrogens is 222 g/mol. The van der Waals surface area contributed by atoms with Crippen molar-refractivity contribution in [1.82, 2.24) is 5.32 Å². The molecule has 0 aliphatic carbocycles. The van der Waals surface area contributed by atoms with E-state index in [0.29, 0.717) is 12.5 Å². The van der Waals surface area contributed by atoms with Crippen molar-refractivity contribution in [2.75, 3.05) is 12.3 Å². The summed E-state index contributed by atoms with van der Waals surface area (Å²) in [7, 11) is 0. The van der Waals surface area contributed by atoms with Crippen LogP contribution in [0.2, 0.25) is 0 Å². The first-order valence-electron chi connectivity index (χ1n) is 5.97. The summed E-state index contributed by atoms with van der Waals surface area (Å²) in [5.74, 6) is 1.47. The summed E-state index contributed by atoms with van der Waals surface area (Å²) in [6.07, 6.45) is -0.455. The molecule has 0 saturated heterocycles. The number of rotatable bonds is 7. The fourth-order valence-electron chi connectivity index (χ4n) is 1.29. The van der Waals surface area contributed by atoms with Gasteiger partial charge in [0.15, 0.2) is 0 Å². The number of aliphatic hydroxyl groups is 1. The molecule has 0 heterocycles. The predicted molar refractivity (Wildman–Crippen MR) is 70.6 cm³/mol. The molecule has 0 aliphatic heterocycles. The molecule has 96 valence electrons. The van der Waals surface area contributed by atoms with Crippen molar-refractivity contribution in [1.29, 1.82) is 0 Å². The molecule has 0 spiro atoms. The molecule has 4 heteroatoms. The lowest BCUT2D eigenvalue weighted by molar-refractivity contribution is -0.121. The maximum atomic E-state index is 11.9. The van der Waals surface area contributed by atoms with Crippen LogP contribution in [0, 0.1) is 11.8 Å². The largest absolute Gasteiger partial charge is 0.391 e. The standard InChI is InChI=1S/C12H25NO2S/c1-6-16-11(9(4)5)12(15)13-7-10(14)8(2)3/h8-11,14H,6-7H2,1-5H3,(H,13,15). The van der Waals surface area contributed by atoms with E-state index in [-0.39, 0.29) is 17.1 Å². The minimum atomic E-state index is -0.455. The normalized spacial score (nSPS) is 15.2. The molecule has 0 aromatic carbocycles. The lowest BCUT2D eigenvalue weighted by atomic mass is 10.1. The number of nitrogens with one attached hydrogen (secondary N) is 1. The van der Waals surface area contributed by atoms with Gasteiger partial charge in [-0.15, -0.1) is 11.8 Å². The Morgan fingerprint density at radius 1 is 1.25 bits per heavy atom. The summed E-state index contributed by atoms with van der Waals surface area (Å²) in [6.45, 7) is 10.4. The molecule has 16 heavy (non-hydrogen) atoms. The molecule has 0 radical (unpaired) electrons. The van der Waals surface area contributed by atoms with Gasteiger partial charge in [-0.1, -0.05) is 34.6 Å². The fraction of sp³-hybridized carbons (Fsp3) is 0.917. The fourth-order valence-corrected chi connectivity index (χ4v) is 2.27. The van der Waals surface area contributed by atoms with E-state index < -0.39 is 6.10 Å². The van der Waals surface area contributed by atoms with E-state index in [2.05, 4.69) is 12.2 Å². The van der Waals surface area contributed by atoms with Gasteiger partial charge in [0, 0.05) is 6.54 Å². The molecule has 2 atom stereocenters. The van der Waals surface area contributed by atoms with Crippen molar-refractivity contribution in [3.63, 3.8) is 0 Å². The smallest absolute Gasteiger partial charge is 0.233 e. The van der Waals surface area contributed by atoms with Gasteiger partial charge in [0.1, 0.15) is 0 Å². The van der Waals surface area contributed by atoms with E-state index in [4.69, 9.17) is 0 Å². The van der Waals surface area contributed by atoms with Crippen LogP contribution < -0.4 is 5.32 Å². The highest BCUT2D eigenvalue weighted by Gasteiger charge is 2.22.